The minimum Gasteiger partial charge on any atom is -0.271 e. The van der Waals surface area contributed by atoms with Crippen LogP contribution in [-0.2, 0) is 6.42 Å². The fourth-order valence-corrected chi connectivity index (χ4v) is 3.64. The number of fused-ring (bicyclic) bond motifs is 1. The van der Waals surface area contributed by atoms with Crippen LogP contribution in [0.5, 0.6) is 0 Å². The van der Waals surface area contributed by atoms with Crippen LogP contribution in [0.25, 0.3) is 0 Å². The summed E-state index contributed by atoms with van der Waals surface area (Å²) in [6, 6.07) is 9.51. The molecule has 0 radical (unpaired) electrons. The summed E-state index contributed by atoms with van der Waals surface area (Å²) >= 11 is 0. The number of rotatable bonds is 4. The van der Waals surface area contributed by atoms with Crippen LogP contribution in [0.2, 0.25) is 0 Å². The van der Waals surface area contributed by atoms with E-state index < -0.39 is 0 Å². The zero-order valence-electron chi connectivity index (χ0n) is 11.1. The Bertz CT molecular complexity index is 398. The van der Waals surface area contributed by atoms with Crippen LogP contribution in [0.4, 0.5) is 0 Å². The molecule has 1 aromatic carbocycles. The summed E-state index contributed by atoms with van der Waals surface area (Å²) in [5.74, 6) is 7.31. The summed E-state index contributed by atoms with van der Waals surface area (Å²) in [6.45, 7) is 0. The van der Waals surface area contributed by atoms with Crippen LogP contribution in [0, 0.1) is 5.92 Å². The van der Waals surface area contributed by atoms with Gasteiger partial charge in [-0.05, 0) is 61.5 Å². The Morgan fingerprint density at radius 3 is 2.72 bits per heavy atom. The van der Waals surface area contributed by atoms with Gasteiger partial charge >= 0.3 is 0 Å². The number of benzene rings is 1. The first-order valence-corrected chi connectivity index (χ1v) is 7.42. The van der Waals surface area contributed by atoms with Crippen LogP contribution in [0.15, 0.2) is 24.3 Å². The Morgan fingerprint density at radius 1 is 1.17 bits per heavy atom. The standard InChI is InChI=1S/C16H24N2/c17-18-16(13-7-4-8-13)11-14-9-3-6-12-5-1-2-10-15(12)14/h1-2,5,10,13-14,16,18H,3-4,6-9,11,17H2. The molecule has 0 saturated heterocycles. The molecule has 0 aromatic heterocycles. The molecule has 0 bridgehead atoms. The van der Waals surface area contributed by atoms with Gasteiger partial charge < -0.3 is 0 Å². The Labute approximate surface area is 110 Å². The molecule has 0 heterocycles. The van der Waals surface area contributed by atoms with Gasteiger partial charge in [-0.2, -0.15) is 0 Å². The molecule has 1 aromatic rings. The third-order valence-electron chi connectivity index (χ3n) is 4.97. The second kappa shape index (κ2) is 5.41. The van der Waals surface area contributed by atoms with Gasteiger partial charge in [0, 0.05) is 6.04 Å². The molecule has 3 rings (SSSR count). The SMILES string of the molecule is NNC(CC1CCCc2ccccc21)C1CCC1. The molecule has 98 valence electrons. The van der Waals surface area contributed by atoms with Gasteiger partial charge in [0.15, 0.2) is 0 Å². The van der Waals surface area contributed by atoms with E-state index in [9.17, 15) is 0 Å². The molecular formula is C16H24N2. The Morgan fingerprint density at radius 2 is 2.00 bits per heavy atom. The van der Waals surface area contributed by atoms with E-state index in [2.05, 4.69) is 29.7 Å². The molecule has 3 N–H and O–H groups in total. The van der Waals surface area contributed by atoms with Crippen LogP contribution < -0.4 is 11.3 Å². The number of hydrogen-bond donors (Lipinski definition) is 2. The quantitative estimate of drug-likeness (QED) is 0.631. The van der Waals surface area contributed by atoms with Crippen molar-refractivity contribution in [3.8, 4) is 0 Å². The molecule has 0 amide bonds. The lowest BCUT2D eigenvalue weighted by Crippen LogP contribution is -2.44. The number of hydrazine groups is 1. The Balaban J connectivity index is 1.72. The highest BCUT2D eigenvalue weighted by molar-refractivity contribution is 5.32. The van der Waals surface area contributed by atoms with E-state index in [0.717, 1.165) is 11.8 Å². The molecule has 2 unspecified atom stereocenters. The molecule has 0 aliphatic heterocycles. The molecule has 2 atom stereocenters. The fourth-order valence-electron chi connectivity index (χ4n) is 3.64. The zero-order valence-corrected chi connectivity index (χ0v) is 11.1. The van der Waals surface area contributed by atoms with Gasteiger partial charge in [0.2, 0.25) is 0 Å². The predicted molar refractivity (Wildman–Crippen MR) is 75.2 cm³/mol. The van der Waals surface area contributed by atoms with Gasteiger partial charge in [-0.15, -0.1) is 0 Å². The second-order valence-electron chi connectivity index (χ2n) is 5.99. The topological polar surface area (TPSA) is 38.0 Å². The number of hydrogen-bond acceptors (Lipinski definition) is 2. The summed E-state index contributed by atoms with van der Waals surface area (Å²) in [5, 5.41) is 0. The molecule has 2 nitrogen and oxygen atoms in total. The molecule has 1 fully saturated rings. The Hall–Kier alpha value is -0.860. The lowest BCUT2D eigenvalue weighted by atomic mass is 9.73. The van der Waals surface area contributed by atoms with Gasteiger partial charge in [-0.1, -0.05) is 30.7 Å². The highest BCUT2D eigenvalue weighted by atomic mass is 15.2. The molecule has 2 heteroatoms. The van der Waals surface area contributed by atoms with Gasteiger partial charge in [0.1, 0.15) is 0 Å². The molecule has 1 saturated carbocycles. The van der Waals surface area contributed by atoms with Crippen LogP contribution in [0.1, 0.15) is 55.6 Å². The molecule has 2 aliphatic rings. The third-order valence-corrected chi connectivity index (χ3v) is 4.97. The van der Waals surface area contributed by atoms with Crippen molar-refractivity contribution in [3.63, 3.8) is 0 Å². The van der Waals surface area contributed by atoms with Gasteiger partial charge in [0.25, 0.3) is 0 Å². The Kier molecular flexibility index (Phi) is 3.67. The van der Waals surface area contributed by atoms with Crippen molar-refractivity contribution in [1.82, 2.24) is 5.43 Å². The summed E-state index contributed by atoms with van der Waals surface area (Å²) < 4.78 is 0. The highest BCUT2D eigenvalue weighted by Crippen LogP contribution is 2.38. The van der Waals surface area contributed by atoms with Crippen LogP contribution in [-0.4, -0.2) is 6.04 Å². The van der Waals surface area contributed by atoms with Crippen molar-refractivity contribution in [2.24, 2.45) is 11.8 Å². The average Bonchev–Trinajstić information content (AvgIpc) is 2.36. The van der Waals surface area contributed by atoms with Crippen molar-refractivity contribution in [1.29, 1.82) is 0 Å². The van der Waals surface area contributed by atoms with Crippen molar-refractivity contribution < 1.29 is 0 Å². The van der Waals surface area contributed by atoms with Crippen molar-refractivity contribution in [3.05, 3.63) is 35.4 Å². The van der Waals surface area contributed by atoms with Crippen molar-refractivity contribution in [2.45, 2.75) is 56.9 Å². The third kappa shape index (κ3) is 2.32. The van der Waals surface area contributed by atoms with E-state index >= 15 is 0 Å². The largest absolute Gasteiger partial charge is 0.271 e. The van der Waals surface area contributed by atoms with Crippen molar-refractivity contribution >= 4 is 0 Å². The van der Waals surface area contributed by atoms with Gasteiger partial charge in [-0.3, -0.25) is 11.3 Å². The summed E-state index contributed by atoms with van der Waals surface area (Å²) in [7, 11) is 0. The maximum atomic E-state index is 5.77. The monoisotopic (exact) mass is 244 g/mol. The molecular weight excluding hydrogens is 220 g/mol. The van der Waals surface area contributed by atoms with E-state index in [1.54, 1.807) is 11.1 Å². The van der Waals surface area contributed by atoms with E-state index in [4.69, 9.17) is 5.84 Å². The lowest BCUT2D eigenvalue weighted by Gasteiger charge is -2.36. The van der Waals surface area contributed by atoms with Gasteiger partial charge in [-0.25, -0.2) is 0 Å². The maximum absolute atomic E-state index is 5.77. The first-order valence-electron chi connectivity index (χ1n) is 7.42. The number of aryl methyl sites for hydroxylation is 1. The number of nitrogens with two attached hydrogens (primary N) is 1. The normalized spacial score (nSPS) is 25.3. The zero-order chi connectivity index (χ0) is 12.4. The van der Waals surface area contributed by atoms with Crippen LogP contribution >= 0.6 is 0 Å². The fraction of sp³-hybridized carbons (Fsp3) is 0.625. The summed E-state index contributed by atoms with van der Waals surface area (Å²) in [5.41, 5.74) is 6.24. The minimum absolute atomic E-state index is 0.523. The van der Waals surface area contributed by atoms with E-state index in [-0.39, 0.29) is 0 Å². The average molecular weight is 244 g/mol. The summed E-state index contributed by atoms with van der Waals surface area (Å²) in [4.78, 5) is 0. The highest BCUT2D eigenvalue weighted by Gasteiger charge is 2.30. The van der Waals surface area contributed by atoms with E-state index in [0.29, 0.717) is 6.04 Å². The van der Waals surface area contributed by atoms with E-state index in [1.807, 2.05) is 0 Å². The first-order chi connectivity index (χ1) is 8.88. The van der Waals surface area contributed by atoms with Gasteiger partial charge in [0.05, 0.1) is 0 Å². The first kappa shape index (κ1) is 12.2. The summed E-state index contributed by atoms with van der Waals surface area (Å²) in [6.07, 6.45) is 9.27. The lowest BCUT2D eigenvalue weighted by molar-refractivity contribution is 0.209. The van der Waals surface area contributed by atoms with Crippen molar-refractivity contribution in [2.75, 3.05) is 0 Å². The molecule has 2 aliphatic carbocycles. The second-order valence-corrected chi connectivity index (χ2v) is 5.99. The number of nitrogens with one attached hydrogen (secondary N) is 1. The molecule has 0 spiro atoms. The predicted octanol–water partition coefficient (Wildman–Crippen LogP) is 3.13. The smallest absolute Gasteiger partial charge is 0.0244 e. The molecule has 18 heavy (non-hydrogen) atoms. The minimum atomic E-state index is 0.523. The maximum Gasteiger partial charge on any atom is 0.0244 e. The van der Waals surface area contributed by atoms with Crippen LogP contribution in [0.3, 0.4) is 0 Å². The van der Waals surface area contributed by atoms with E-state index in [1.165, 1.54) is 44.9 Å².